The summed E-state index contributed by atoms with van der Waals surface area (Å²) in [5.41, 5.74) is 21.6. The highest BCUT2D eigenvalue weighted by atomic mass is 16.5. The molecule has 15 aromatic rings. The van der Waals surface area contributed by atoms with Crippen LogP contribution >= 0.6 is 0 Å². The molecule has 0 fully saturated rings. The molecule has 0 saturated heterocycles. The topological polar surface area (TPSA) is 38.2 Å². The van der Waals surface area contributed by atoms with E-state index in [1.165, 1.54) is 109 Å². The van der Waals surface area contributed by atoms with Gasteiger partial charge < -0.3 is 27.7 Å². The molecule has 4 aromatic heterocycles. The Bertz CT molecular complexity index is 4790. The lowest BCUT2D eigenvalue weighted by Gasteiger charge is -2.36. The molecule has 0 spiro atoms. The zero-order valence-corrected chi connectivity index (χ0v) is 39.5. The Balaban J connectivity index is 0.881. The van der Waals surface area contributed by atoms with E-state index in [0.717, 1.165) is 56.7 Å². The molecule has 6 nitrogen and oxygen atoms in total. The van der Waals surface area contributed by atoms with Gasteiger partial charge in [-0.15, -0.1) is 0 Å². The number of benzene rings is 11. The minimum atomic E-state index is -0.0816. The normalized spacial score (nSPS) is 13.6. The molecule has 0 radical (unpaired) electrons. The molecule has 4 aliphatic rings. The van der Waals surface area contributed by atoms with Gasteiger partial charge in [0.15, 0.2) is 0 Å². The van der Waals surface area contributed by atoms with Crippen LogP contribution in [0.1, 0.15) is 0 Å². The Morgan fingerprint density at radius 3 is 1.11 bits per heavy atom. The molecule has 0 bridgehead atoms. The quantitative estimate of drug-likeness (QED) is 0.162. The molecule has 8 heteroatoms. The van der Waals surface area contributed by atoms with Gasteiger partial charge in [0.1, 0.15) is 23.0 Å². The number of hydrogen-bond donors (Lipinski definition) is 0. The number of hydrogen-bond acceptors (Lipinski definition) is 2. The Labute approximate surface area is 423 Å². The molecule has 19 rings (SSSR count). The average Bonchev–Trinajstić information content (AvgIpc) is 4.29. The molecular weight excluding hydrogens is 902 g/mol. The number of fused-ring (bicyclic) bond motifs is 22. The molecule has 4 aliphatic heterocycles. The maximum absolute atomic E-state index is 7.18. The molecule has 8 heterocycles. The van der Waals surface area contributed by atoms with Gasteiger partial charge in [-0.2, -0.15) is 0 Å². The van der Waals surface area contributed by atoms with Crippen LogP contribution in [-0.4, -0.2) is 31.7 Å². The predicted molar refractivity (Wildman–Crippen MR) is 306 cm³/mol. The fraction of sp³-hybridized carbons (Fsp3) is 0. The molecule has 338 valence electrons. The summed E-state index contributed by atoms with van der Waals surface area (Å²) < 4.78 is 24.4. The molecule has 74 heavy (non-hydrogen) atoms. The van der Waals surface area contributed by atoms with E-state index in [1.54, 1.807) is 0 Å². The lowest BCUT2D eigenvalue weighted by atomic mass is 9.31. The van der Waals surface area contributed by atoms with Crippen molar-refractivity contribution in [3.63, 3.8) is 0 Å². The van der Waals surface area contributed by atoms with E-state index in [1.807, 2.05) is 0 Å². The Hall–Kier alpha value is -9.65. The van der Waals surface area contributed by atoms with Crippen LogP contribution in [0.4, 0.5) is 0 Å². The number of ether oxygens (including phenoxy) is 2. The smallest absolute Gasteiger partial charge is 0.256 e. The third-order valence-corrected chi connectivity index (χ3v) is 17.2. The van der Waals surface area contributed by atoms with Gasteiger partial charge >= 0.3 is 0 Å². The Morgan fingerprint density at radius 2 is 0.635 bits per heavy atom. The highest BCUT2D eigenvalue weighted by Crippen LogP contribution is 2.46. The van der Waals surface area contributed by atoms with Crippen molar-refractivity contribution >= 4 is 133 Å². The molecule has 0 aliphatic carbocycles. The number of aromatic nitrogens is 4. The van der Waals surface area contributed by atoms with Gasteiger partial charge in [0, 0.05) is 82.9 Å². The van der Waals surface area contributed by atoms with Crippen molar-refractivity contribution in [2.45, 2.75) is 0 Å². The number of para-hydroxylation sites is 6. The molecule has 0 unspecified atom stereocenters. The summed E-state index contributed by atoms with van der Waals surface area (Å²) in [6.07, 6.45) is 0. The van der Waals surface area contributed by atoms with Gasteiger partial charge in [-0.1, -0.05) is 152 Å². The first kappa shape index (κ1) is 38.1. The van der Waals surface area contributed by atoms with E-state index >= 15 is 0 Å². The van der Waals surface area contributed by atoms with Gasteiger partial charge in [0.05, 0.1) is 33.1 Å². The van der Waals surface area contributed by atoms with Crippen LogP contribution in [0.2, 0.25) is 0 Å². The van der Waals surface area contributed by atoms with Crippen molar-refractivity contribution in [2.24, 2.45) is 0 Å². The fourth-order valence-corrected chi connectivity index (χ4v) is 14.5. The Morgan fingerprint density at radius 1 is 0.257 bits per heavy atom. The second kappa shape index (κ2) is 13.2. The monoisotopic (exact) mass is 938 g/mol. The highest BCUT2D eigenvalue weighted by molar-refractivity contribution is 7.02. The summed E-state index contributed by atoms with van der Waals surface area (Å²) in [5.74, 6) is 3.44. The van der Waals surface area contributed by atoms with Crippen LogP contribution in [0.15, 0.2) is 218 Å². The minimum absolute atomic E-state index is 0.0816. The molecule has 0 amide bonds. The summed E-state index contributed by atoms with van der Waals surface area (Å²) in [6, 6.07) is 80.5. The van der Waals surface area contributed by atoms with Crippen LogP contribution in [0.3, 0.4) is 0 Å². The standard InChI is InChI=1S/C66H36B2N4O2/c1-3-15-37(16-4-1)69-51-25-9-7-19-39(51)43-31-33-45-41-21-11-23-47-61(41)71(65(45)63(43)69)53-27-13-29-55-59(53)67(47)49-35-50-58(36-57(49)73-55)74-56-30-14-28-54-60(56)68(50)48-24-12-22-42-46-34-32-44-40-20-8-10-26-52(40)70(38-17-5-2-6-18-38)64(44)66(46)72(54)62(42)48/h1-36H. The first-order valence-electron chi connectivity index (χ1n) is 25.7. The van der Waals surface area contributed by atoms with Crippen LogP contribution in [-0.2, 0) is 0 Å². The fourth-order valence-electron chi connectivity index (χ4n) is 14.5. The van der Waals surface area contributed by atoms with E-state index in [4.69, 9.17) is 9.47 Å². The van der Waals surface area contributed by atoms with E-state index < -0.39 is 0 Å². The second-order valence-electron chi connectivity index (χ2n) is 20.6. The van der Waals surface area contributed by atoms with Crippen molar-refractivity contribution in [1.29, 1.82) is 0 Å². The molecular formula is C66H36B2N4O2. The summed E-state index contributed by atoms with van der Waals surface area (Å²) in [6.45, 7) is -0.163. The molecule has 0 saturated carbocycles. The van der Waals surface area contributed by atoms with E-state index in [9.17, 15) is 0 Å². The highest BCUT2D eigenvalue weighted by Gasteiger charge is 2.45. The third kappa shape index (κ3) is 4.42. The molecule has 11 aromatic carbocycles. The van der Waals surface area contributed by atoms with Crippen molar-refractivity contribution in [3.8, 4) is 45.7 Å². The van der Waals surface area contributed by atoms with E-state index in [-0.39, 0.29) is 13.4 Å². The van der Waals surface area contributed by atoms with Crippen molar-refractivity contribution in [2.75, 3.05) is 0 Å². The van der Waals surface area contributed by atoms with Gasteiger partial charge in [-0.05, 0) is 93.4 Å². The summed E-state index contributed by atoms with van der Waals surface area (Å²) in [7, 11) is 0. The first-order valence-corrected chi connectivity index (χ1v) is 25.7. The third-order valence-electron chi connectivity index (χ3n) is 17.2. The maximum Gasteiger partial charge on any atom is 0.256 e. The lowest BCUT2D eigenvalue weighted by Crippen LogP contribution is -2.62. The average molecular weight is 939 g/mol. The van der Waals surface area contributed by atoms with Crippen molar-refractivity contribution < 1.29 is 9.47 Å². The van der Waals surface area contributed by atoms with Crippen LogP contribution < -0.4 is 42.3 Å². The summed E-state index contributed by atoms with van der Waals surface area (Å²) >= 11 is 0. The van der Waals surface area contributed by atoms with Gasteiger partial charge in [-0.25, -0.2) is 0 Å². The van der Waals surface area contributed by atoms with Gasteiger partial charge in [-0.3, -0.25) is 0 Å². The molecule has 0 N–H and O–H groups in total. The van der Waals surface area contributed by atoms with Gasteiger partial charge in [0.25, 0.3) is 13.4 Å². The number of rotatable bonds is 2. The van der Waals surface area contributed by atoms with Crippen LogP contribution in [0, 0.1) is 0 Å². The summed E-state index contributed by atoms with van der Waals surface area (Å²) in [5, 5.41) is 9.94. The SMILES string of the molecule is c1ccc(-n2c3ccccc3c3ccc4c5cccc6c5n(c4c32)-c2cccc3c2B6c2cc4c(cc2O3)Oc2cccc3c2B4c2cccc4c5ccc6c7ccccc7n(-c7ccccc7)c6c5n-3c24)cc1. The van der Waals surface area contributed by atoms with Crippen LogP contribution in [0.25, 0.3) is 110 Å². The largest absolute Gasteiger partial charge is 0.458 e. The maximum atomic E-state index is 7.18. The first-order chi connectivity index (χ1) is 36.8. The minimum Gasteiger partial charge on any atom is -0.458 e. The lowest BCUT2D eigenvalue weighted by molar-refractivity contribution is 0.465. The zero-order valence-electron chi connectivity index (χ0n) is 39.5. The second-order valence-corrected chi connectivity index (χ2v) is 20.6. The summed E-state index contributed by atoms with van der Waals surface area (Å²) in [4.78, 5) is 0. The van der Waals surface area contributed by atoms with Crippen molar-refractivity contribution in [1.82, 2.24) is 18.3 Å². The van der Waals surface area contributed by atoms with E-state index in [2.05, 4.69) is 237 Å². The molecule has 0 atom stereocenters. The van der Waals surface area contributed by atoms with Gasteiger partial charge in [0.2, 0.25) is 0 Å². The van der Waals surface area contributed by atoms with E-state index in [0.29, 0.717) is 0 Å². The predicted octanol–water partition coefficient (Wildman–Crippen LogP) is 11.9. The Kier molecular flexibility index (Phi) is 6.82. The van der Waals surface area contributed by atoms with Crippen LogP contribution in [0.5, 0.6) is 23.0 Å². The zero-order chi connectivity index (χ0) is 47.7. The van der Waals surface area contributed by atoms with Crippen molar-refractivity contribution in [3.05, 3.63) is 218 Å². The number of nitrogens with zero attached hydrogens (tertiary/aromatic N) is 4.